The van der Waals surface area contributed by atoms with Crippen LogP contribution in [0.25, 0.3) is 0 Å². The second kappa shape index (κ2) is 9.92. The number of unbranched alkanes of at least 4 members (excludes halogenated alkanes) is 4. The van der Waals surface area contributed by atoms with Crippen LogP contribution >= 0.6 is 0 Å². The summed E-state index contributed by atoms with van der Waals surface area (Å²) in [5.74, 6) is 0.209. The summed E-state index contributed by atoms with van der Waals surface area (Å²) in [5.41, 5.74) is 0. The van der Waals surface area contributed by atoms with Gasteiger partial charge in [-0.05, 0) is 31.4 Å². The Labute approximate surface area is 151 Å². The van der Waals surface area contributed by atoms with Crippen LogP contribution in [0.1, 0.15) is 58.3 Å². The van der Waals surface area contributed by atoms with Gasteiger partial charge in [0.1, 0.15) is 0 Å². The van der Waals surface area contributed by atoms with Crippen LogP contribution in [0.4, 0.5) is 0 Å². The van der Waals surface area contributed by atoms with Crippen LogP contribution in [0.3, 0.4) is 0 Å². The Morgan fingerprint density at radius 3 is 2.36 bits per heavy atom. The van der Waals surface area contributed by atoms with Gasteiger partial charge in [-0.1, -0.05) is 50.8 Å². The molecule has 1 aliphatic rings. The summed E-state index contributed by atoms with van der Waals surface area (Å²) in [4.78, 5) is 14.4. The van der Waals surface area contributed by atoms with Gasteiger partial charge in [-0.25, -0.2) is 13.1 Å². The van der Waals surface area contributed by atoms with Gasteiger partial charge >= 0.3 is 0 Å². The number of hydrogen-bond donors (Lipinski definition) is 1. The quantitative estimate of drug-likeness (QED) is 0.682. The molecular weight excluding hydrogens is 336 g/mol. The number of carbonyl (C=O) groups is 1. The highest BCUT2D eigenvalue weighted by Crippen LogP contribution is 2.16. The Morgan fingerprint density at radius 2 is 1.72 bits per heavy atom. The molecule has 140 valence electrons. The number of amides is 1. The van der Waals surface area contributed by atoms with E-state index in [1.165, 1.54) is 19.3 Å². The van der Waals surface area contributed by atoms with Crippen LogP contribution in [0, 0.1) is 0 Å². The maximum absolute atomic E-state index is 12.4. The standard InChI is InChI=1S/C19H30N2O3S/c1-2-3-4-5-9-12-19(22)21-15-13-17(14-16-21)20-25(23,24)18-10-7-6-8-11-18/h6-8,10-11,17,20H,2-5,9,12-16H2,1H3. The van der Waals surface area contributed by atoms with E-state index in [-0.39, 0.29) is 11.9 Å². The first-order chi connectivity index (χ1) is 12.0. The van der Waals surface area contributed by atoms with Crippen LogP contribution < -0.4 is 4.72 Å². The molecule has 0 aromatic heterocycles. The molecule has 1 fully saturated rings. The number of likely N-dealkylation sites (tertiary alicyclic amines) is 1. The van der Waals surface area contributed by atoms with Crippen molar-refractivity contribution in [2.24, 2.45) is 0 Å². The van der Waals surface area contributed by atoms with Crippen molar-refractivity contribution in [3.8, 4) is 0 Å². The SMILES string of the molecule is CCCCCCCC(=O)N1CCC(NS(=O)(=O)c2ccccc2)CC1. The van der Waals surface area contributed by atoms with Gasteiger partial charge in [0.05, 0.1) is 4.90 Å². The molecule has 0 radical (unpaired) electrons. The van der Waals surface area contributed by atoms with Crippen LogP contribution in [-0.4, -0.2) is 38.4 Å². The molecule has 0 atom stereocenters. The third-order valence-electron chi connectivity index (χ3n) is 4.72. The predicted octanol–water partition coefficient (Wildman–Crippen LogP) is 3.32. The zero-order chi connectivity index (χ0) is 18.1. The molecule has 1 aromatic carbocycles. The van der Waals surface area contributed by atoms with E-state index in [4.69, 9.17) is 0 Å². The Balaban J connectivity index is 1.73. The first-order valence-corrected chi connectivity index (χ1v) is 10.9. The number of carbonyl (C=O) groups excluding carboxylic acids is 1. The second-order valence-corrected chi connectivity index (χ2v) is 8.47. The van der Waals surface area contributed by atoms with Crippen molar-refractivity contribution in [3.05, 3.63) is 30.3 Å². The minimum absolute atomic E-state index is 0.0983. The monoisotopic (exact) mass is 366 g/mol. The minimum Gasteiger partial charge on any atom is -0.343 e. The lowest BCUT2D eigenvalue weighted by Gasteiger charge is -2.32. The maximum Gasteiger partial charge on any atom is 0.240 e. The molecule has 0 unspecified atom stereocenters. The molecule has 0 spiro atoms. The molecule has 2 rings (SSSR count). The van der Waals surface area contributed by atoms with Gasteiger partial charge in [0, 0.05) is 25.6 Å². The Kier molecular flexibility index (Phi) is 7.90. The van der Waals surface area contributed by atoms with Crippen molar-refractivity contribution in [3.63, 3.8) is 0 Å². The van der Waals surface area contributed by atoms with Crippen molar-refractivity contribution >= 4 is 15.9 Å². The van der Waals surface area contributed by atoms with Crippen molar-refractivity contribution in [1.29, 1.82) is 0 Å². The molecule has 0 bridgehead atoms. The largest absolute Gasteiger partial charge is 0.343 e. The summed E-state index contributed by atoms with van der Waals surface area (Å²) < 4.78 is 27.5. The molecule has 0 saturated carbocycles. The summed E-state index contributed by atoms with van der Waals surface area (Å²) in [6.45, 7) is 3.45. The summed E-state index contributed by atoms with van der Waals surface area (Å²) in [6, 6.07) is 8.33. The maximum atomic E-state index is 12.4. The molecule has 1 amide bonds. The number of hydrogen-bond acceptors (Lipinski definition) is 3. The summed E-state index contributed by atoms with van der Waals surface area (Å²) in [7, 11) is -3.47. The third-order valence-corrected chi connectivity index (χ3v) is 6.25. The van der Waals surface area contributed by atoms with E-state index >= 15 is 0 Å². The van der Waals surface area contributed by atoms with Gasteiger partial charge in [-0.2, -0.15) is 0 Å². The van der Waals surface area contributed by atoms with E-state index in [0.717, 1.165) is 12.8 Å². The van der Waals surface area contributed by atoms with E-state index < -0.39 is 10.0 Å². The van der Waals surface area contributed by atoms with Crippen LogP contribution in [0.15, 0.2) is 35.2 Å². The van der Waals surface area contributed by atoms with E-state index in [1.54, 1.807) is 30.3 Å². The van der Waals surface area contributed by atoms with Crippen molar-refractivity contribution in [1.82, 2.24) is 9.62 Å². The number of sulfonamides is 1. The first-order valence-electron chi connectivity index (χ1n) is 9.38. The van der Waals surface area contributed by atoms with Crippen LogP contribution in [0.5, 0.6) is 0 Å². The molecule has 1 saturated heterocycles. The van der Waals surface area contributed by atoms with Gasteiger partial charge in [0.2, 0.25) is 15.9 Å². The molecule has 1 N–H and O–H groups in total. The minimum atomic E-state index is -3.47. The second-order valence-electron chi connectivity index (χ2n) is 6.75. The summed E-state index contributed by atoms with van der Waals surface area (Å²) in [5, 5.41) is 0. The zero-order valence-corrected chi connectivity index (χ0v) is 15.9. The lowest BCUT2D eigenvalue weighted by atomic mass is 10.0. The summed E-state index contributed by atoms with van der Waals surface area (Å²) in [6.07, 6.45) is 7.69. The highest BCUT2D eigenvalue weighted by atomic mass is 32.2. The van der Waals surface area contributed by atoms with Gasteiger partial charge in [-0.3, -0.25) is 4.79 Å². The predicted molar refractivity (Wildman–Crippen MR) is 99.7 cm³/mol. The van der Waals surface area contributed by atoms with E-state index in [2.05, 4.69) is 11.6 Å². The highest BCUT2D eigenvalue weighted by Gasteiger charge is 2.26. The average molecular weight is 367 g/mol. The van der Waals surface area contributed by atoms with Crippen LogP contribution in [0.2, 0.25) is 0 Å². The normalized spacial score (nSPS) is 16.1. The molecule has 1 heterocycles. The Morgan fingerprint density at radius 1 is 1.08 bits per heavy atom. The molecule has 1 aromatic rings. The lowest BCUT2D eigenvalue weighted by molar-refractivity contribution is -0.132. The van der Waals surface area contributed by atoms with Gasteiger partial charge in [-0.15, -0.1) is 0 Å². The zero-order valence-electron chi connectivity index (χ0n) is 15.1. The van der Waals surface area contributed by atoms with Crippen molar-refractivity contribution in [2.75, 3.05) is 13.1 Å². The molecule has 6 heteroatoms. The third kappa shape index (κ3) is 6.44. The number of nitrogens with zero attached hydrogens (tertiary/aromatic N) is 1. The fraction of sp³-hybridized carbons (Fsp3) is 0.632. The number of rotatable bonds is 9. The number of nitrogens with one attached hydrogen (secondary N) is 1. The first kappa shape index (κ1) is 19.9. The van der Waals surface area contributed by atoms with Gasteiger partial charge < -0.3 is 4.90 Å². The topological polar surface area (TPSA) is 66.5 Å². The number of piperidine rings is 1. The lowest BCUT2D eigenvalue weighted by Crippen LogP contribution is -2.46. The average Bonchev–Trinajstić information content (AvgIpc) is 2.62. The fourth-order valence-corrected chi connectivity index (χ4v) is 4.50. The molecule has 5 nitrogen and oxygen atoms in total. The molecule has 25 heavy (non-hydrogen) atoms. The molecular formula is C19H30N2O3S. The fourth-order valence-electron chi connectivity index (χ4n) is 3.17. The van der Waals surface area contributed by atoms with Crippen molar-refractivity contribution < 1.29 is 13.2 Å². The Bertz CT molecular complexity index is 623. The smallest absolute Gasteiger partial charge is 0.240 e. The summed E-state index contributed by atoms with van der Waals surface area (Å²) >= 11 is 0. The molecule has 1 aliphatic heterocycles. The van der Waals surface area contributed by atoms with E-state index in [1.807, 2.05) is 4.90 Å². The van der Waals surface area contributed by atoms with E-state index in [0.29, 0.717) is 37.2 Å². The van der Waals surface area contributed by atoms with E-state index in [9.17, 15) is 13.2 Å². The van der Waals surface area contributed by atoms with Gasteiger partial charge in [0.25, 0.3) is 0 Å². The van der Waals surface area contributed by atoms with Crippen molar-refractivity contribution in [2.45, 2.75) is 69.2 Å². The van der Waals surface area contributed by atoms with Gasteiger partial charge in [0.15, 0.2) is 0 Å². The highest BCUT2D eigenvalue weighted by molar-refractivity contribution is 7.89. The Hall–Kier alpha value is -1.40. The molecule has 0 aliphatic carbocycles. The number of benzene rings is 1. The van der Waals surface area contributed by atoms with Crippen LogP contribution in [-0.2, 0) is 14.8 Å².